The lowest BCUT2D eigenvalue weighted by atomic mass is 9.60. The predicted octanol–water partition coefficient (Wildman–Crippen LogP) is 4.09. The zero-order chi connectivity index (χ0) is 24.9. The van der Waals surface area contributed by atoms with Crippen molar-refractivity contribution in [3.8, 4) is 0 Å². The number of benzene rings is 2. The Morgan fingerprint density at radius 1 is 1.14 bits per heavy atom. The van der Waals surface area contributed by atoms with Gasteiger partial charge in [0.05, 0.1) is 16.9 Å². The minimum absolute atomic E-state index is 0.125. The number of amides is 2. The molecule has 7 heteroatoms. The molecule has 2 amide bonds. The highest BCUT2D eigenvalue weighted by Gasteiger charge is 2.69. The van der Waals surface area contributed by atoms with Gasteiger partial charge in [-0.05, 0) is 42.5 Å². The molecule has 0 unspecified atom stereocenters. The number of carbonyl (C=O) groups excluding carboxylic acids is 2. The fourth-order valence-electron chi connectivity index (χ4n) is 6.76. The van der Waals surface area contributed by atoms with Gasteiger partial charge in [0.25, 0.3) is 5.56 Å². The van der Waals surface area contributed by atoms with Crippen molar-refractivity contribution in [3.63, 3.8) is 0 Å². The van der Waals surface area contributed by atoms with E-state index < -0.39 is 29.1 Å². The first kappa shape index (κ1) is 21.8. The van der Waals surface area contributed by atoms with Crippen LogP contribution < -0.4 is 10.5 Å². The van der Waals surface area contributed by atoms with Crippen molar-refractivity contribution in [2.24, 2.45) is 5.41 Å². The highest BCUT2D eigenvalue weighted by molar-refractivity contribution is 5.98. The lowest BCUT2D eigenvalue weighted by Crippen LogP contribution is -2.59. The molecule has 1 fully saturated rings. The van der Waals surface area contributed by atoms with Crippen LogP contribution in [0.25, 0.3) is 10.9 Å². The maximum absolute atomic E-state index is 14.1. The van der Waals surface area contributed by atoms with Gasteiger partial charge >= 0.3 is 0 Å². The Hall–Kier alpha value is -3.74. The van der Waals surface area contributed by atoms with Crippen LogP contribution in [-0.2, 0) is 15.0 Å². The molecule has 3 aliphatic rings. The van der Waals surface area contributed by atoms with Crippen LogP contribution in [0.3, 0.4) is 0 Å². The first-order valence-corrected chi connectivity index (χ1v) is 12.0. The molecular weight excluding hydrogens is 440 g/mol. The van der Waals surface area contributed by atoms with E-state index in [4.69, 9.17) is 4.98 Å². The maximum atomic E-state index is 14.1. The molecule has 3 aliphatic heterocycles. The quantitative estimate of drug-likeness (QED) is 0.531. The topological polar surface area (TPSA) is 75.5 Å². The SMILES string of the molecule is C=CC(C)(C)[C@]12C[C@H]3c4nc5ccccc5c(=O)n4[C@H](C)C(=O)N3[C@@H]1N(C(C)=O)c1ccccc12. The normalized spacial score (nSPS) is 26.9. The van der Waals surface area contributed by atoms with Crippen molar-refractivity contribution in [1.29, 1.82) is 0 Å². The van der Waals surface area contributed by atoms with Gasteiger partial charge in [0.15, 0.2) is 0 Å². The van der Waals surface area contributed by atoms with Crippen molar-refractivity contribution in [3.05, 3.63) is 82.9 Å². The minimum atomic E-state index is -0.731. The summed E-state index contributed by atoms with van der Waals surface area (Å²) >= 11 is 0. The summed E-state index contributed by atoms with van der Waals surface area (Å²) in [6, 6.07) is 14.0. The first-order chi connectivity index (χ1) is 16.7. The number of hydrogen-bond acceptors (Lipinski definition) is 4. The molecule has 35 heavy (non-hydrogen) atoms. The van der Waals surface area contributed by atoms with Crippen molar-refractivity contribution >= 4 is 28.4 Å². The lowest BCUT2D eigenvalue weighted by molar-refractivity contribution is -0.141. The number of anilines is 1. The Bertz CT molecular complexity index is 1510. The number of allylic oxidation sites excluding steroid dienone is 1. The second-order valence-corrected chi connectivity index (χ2v) is 10.5. The second-order valence-electron chi connectivity index (χ2n) is 10.5. The number of hydrogen-bond donors (Lipinski definition) is 0. The Morgan fingerprint density at radius 3 is 2.54 bits per heavy atom. The van der Waals surface area contributed by atoms with Gasteiger partial charge in [-0.15, -0.1) is 6.58 Å². The molecule has 0 aliphatic carbocycles. The fourth-order valence-corrected chi connectivity index (χ4v) is 6.76. The zero-order valence-electron chi connectivity index (χ0n) is 20.4. The number of aromatic nitrogens is 2. The number of nitrogens with zero attached hydrogens (tertiary/aromatic N) is 4. The zero-order valence-corrected chi connectivity index (χ0v) is 20.4. The van der Waals surface area contributed by atoms with E-state index in [1.807, 2.05) is 47.4 Å². The van der Waals surface area contributed by atoms with Crippen LogP contribution in [0.1, 0.15) is 57.6 Å². The number of rotatable bonds is 2. The van der Waals surface area contributed by atoms with Crippen molar-refractivity contribution in [1.82, 2.24) is 14.5 Å². The Kier molecular flexibility index (Phi) is 4.29. The van der Waals surface area contributed by atoms with E-state index in [1.165, 1.54) is 0 Å². The molecule has 0 spiro atoms. The molecular formula is C28H28N4O3. The van der Waals surface area contributed by atoms with Gasteiger partial charge in [0.2, 0.25) is 11.8 Å². The van der Waals surface area contributed by atoms with Gasteiger partial charge in [-0.1, -0.05) is 50.3 Å². The lowest BCUT2D eigenvalue weighted by Gasteiger charge is -2.46. The molecule has 4 heterocycles. The Labute approximate surface area is 203 Å². The third-order valence-electron chi connectivity index (χ3n) is 8.58. The van der Waals surface area contributed by atoms with Crippen LogP contribution in [0.5, 0.6) is 0 Å². The molecule has 178 valence electrons. The minimum Gasteiger partial charge on any atom is -0.309 e. The average Bonchev–Trinajstić information content (AvgIpc) is 3.34. The molecule has 0 bridgehead atoms. The molecule has 1 aromatic heterocycles. The molecule has 0 saturated carbocycles. The van der Waals surface area contributed by atoms with Gasteiger partial charge in [-0.2, -0.15) is 0 Å². The smallest absolute Gasteiger partial charge is 0.262 e. The molecule has 3 aromatic rings. The van der Waals surface area contributed by atoms with E-state index in [2.05, 4.69) is 26.5 Å². The Morgan fingerprint density at radius 2 is 1.83 bits per heavy atom. The summed E-state index contributed by atoms with van der Waals surface area (Å²) in [5.74, 6) is 0.280. The highest BCUT2D eigenvalue weighted by atomic mass is 16.2. The summed E-state index contributed by atoms with van der Waals surface area (Å²) in [5.41, 5.74) is 1.17. The molecule has 7 nitrogen and oxygen atoms in total. The number of para-hydroxylation sites is 2. The molecule has 0 radical (unpaired) electrons. The number of fused-ring (bicyclic) bond motifs is 8. The first-order valence-electron chi connectivity index (χ1n) is 12.0. The van der Waals surface area contributed by atoms with E-state index in [0.29, 0.717) is 23.1 Å². The van der Waals surface area contributed by atoms with E-state index in [0.717, 1.165) is 11.3 Å². The molecule has 6 rings (SSSR count). The van der Waals surface area contributed by atoms with Crippen LogP contribution in [0.4, 0.5) is 5.69 Å². The molecule has 2 aromatic carbocycles. The number of carbonyl (C=O) groups is 2. The van der Waals surface area contributed by atoms with Crippen molar-refractivity contribution < 1.29 is 9.59 Å². The van der Waals surface area contributed by atoms with Gasteiger partial charge in [0.1, 0.15) is 18.0 Å². The standard InChI is InChI=1S/C28H28N4O3/c1-6-27(4,5)28-15-22-23-29-20-13-9-7-11-18(20)25(35)30(23)16(2)24(34)32(22)26(28)31(17(3)33)21-14-10-8-12-19(21)28/h6-14,16,22,26H,1,15H2,2-5H3/t16-,22+,26+,28+/m1/s1. The van der Waals surface area contributed by atoms with Crippen LogP contribution >= 0.6 is 0 Å². The predicted molar refractivity (Wildman–Crippen MR) is 134 cm³/mol. The highest BCUT2D eigenvalue weighted by Crippen LogP contribution is 2.65. The third kappa shape index (κ3) is 2.45. The van der Waals surface area contributed by atoms with E-state index in [-0.39, 0.29) is 17.4 Å². The average molecular weight is 469 g/mol. The Balaban J connectivity index is 1.69. The third-order valence-corrected chi connectivity index (χ3v) is 8.58. The van der Waals surface area contributed by atoms with Crippen LogP contribution in [0, 0.1) is 5.41 Å². The maximum Gasteiger partial charge on any atom is 0.262 e. The van der Waals surface area contributed by atoms with Gasteiger partial charge in [-0.25, -0.2) is 4.98 Å². The van der Waals surface area contributed by atoms with Crippen LogP contribution in [0.15, 0.2) is 66.0 Å². The van der Waals surface area contributed by atoms with Crippen molar-refractivity contribution in [2.75, 3.05) is 4.90 Å². The van der Waals surface area contributed by atoms with Crippen LogP contribution in [-0.4, -0.2) is 32.4 Å². The summed E-state index contributed by atoms with van der Waals surface area (Å²) < 4.78 is 1.56. The molecule has 1 saturated heterocycles. The fraction of sp³-hybridized carbons (Fsp3) is 0.357. The molecule has 4 atom stereocenters. The van der Waals surface area contributed by atoms with E-state index in [1.54, 1.807) is 29.4 Å². The summed E-state index contributed by atoms with van der Waals surface area (Å²) in [5, 5.41) is 0.499. The summed E-state index contributed by atoms with van der Waals surface area (Å²) in [6.45, 7) is 11.7. The summed E-state index contributed by atoms with van der Waals surface area (Å²) in [7, 11) is 0. The monoisotopic (exact) mass is 468 g/mol. The largest absolute Gasteiger partial charge is 0.309 e. The van der Waals surface area contributed by atoms with Crippen LogP contribution in [0.2, 0.25) is 0 Å². The van der Waals surface area contributed by atoms with Crippen molar-refractivity contribution in [2.45, 2.75) is 57.8 Å². The summed E-state index contributed by atoms with van der Waals surface area (Å²) in [6.07, 6.45) is 1.91. The summed E-state index contributed by atoms with van der Waals surface area (Å²) in [4.78, 5) is 49.3. The van der Waals surface area contributed by atoms with Gasteiger partial charge in [-0.3, -0.25) is 23.9 Å². The van der Waals surface area contributed by atoms with Gasteiger partial charge in [0, 0.05) is 18.0 Å². The second kappa shape index (κ2) is 6.90. The van der Waals surface area contributed by atoms with E-state index in [9.17, 15) is 14.4 Å². The molecule has 0 N–H and O–H groups in total. The van der Waals surface area contributed by atoms with E-state index >= 15 is 0 Å². The van der Waals surface area contributed by atoms with Gasteiger partial charge < -0.3 is 4.90 Å².